The van der Waals surface area contributed by atoms with Crippen LogP contribution in [0.15, 0.2) is 24.8 Å². The van der Waals surface area contributed by atoms with E-state index >= 15 is 0 Å². The van der Waals surface area contributed by atoms with Crippen LogP contribution in [0.5, 0.6) is 0 Å². The van der Waals surface area contributed by atoms with Crippen LogP contribution in [0, 0.1) is 0 Å². The fourth-order valence-electron chi connectivity index (χ4n) is 0.778. The lowest BCUT2D eigenvalue weighted by molar-refractivity contribution is -0.111. The summed E-state index contributed by atoms with van der Waals surface area (Å²) >= 11 is 0. The molecule has 1 aliphatic rings. The first-order valence-corrected chi connectivity index (χ1v) is 4.42. The van der Waals surface area contributed by atoms with Crippen molar-refractivity contribution in [2.24, 2.45) is 0 Å². The highest BCUT2D eigenvalue weighted by Crippen LogP contribution is 1.87. The molecule has 0 aromatic carbocycles. The van der Waals surface area contributed by atoms with Crippen molar-refractivity contribution < 1.29 is 4.79 Å². The Labute approximate surface area is 79.9 Å². The molecule has 0 saturated carbocycles. The predicted octanol–water partition coefficient (Wildman–Crippen LogP) is 0.497. The van der Waals surface area contributed by atoms with E-state index in [0.717, 1.165) is 26.2 Å². The Bertz CT molecular complexity index is 172. The maximum Gasteiger partial charge on any atom is 0.180 e. The highest BCUT2D eigenvalue weighted by Gasteiger charge is 1.91. The zero-order chi connectivity index (χ0) is 10.1. The van der Waals surface area contributed by atoms with E-state index in [4.69, 9.17) is 0 Å². The van der Waals surface area contributed by atoms with Crippen LogP contribution in [0.25, 0.3) is 0 Å². The monoisotopic (exact) mass is 182 g/mol. The second kappa shape index (κ2) is 7.71. The van der Waals surface area contributed by atoms with Gasteiger partial charge in [-0.2, -0.15) is 0 Å². The molecule has 1 saturated heterocycles. The summed E-state index contributed by atoms with van der Waals surface area (Å²) in [7, 11) is 0. The summed E-state index contributed by atoms with van der Waals surface area (Å²) in [6.45, 7) is 12.9. The van der Waals surface area contributed by atoms with Crippen molar-refractivity contribution in [2.45, 2.75) is 6.92 Å². The minimum absolute atomic E-state index is 0.0833. The van der Waals surface area contributed by atoms with Crippen LogP contribution in [-0.2, 0) is 4.79 Å². The van der Waals surface area contributed by atoms with Crippen molar-refractivity contribution in [1.82, 2.24) is 10.6 Å². The third-order valence-corrected chi connectivity index (χ3v) is 1.56. The minimum Gasteiger partial charge on any atom is -0.314 e. The number of nitrogens with one attached hydrogen (secondary N) is 2. The SMILES string of the molecule is C1CNCCN1.C=CC(=O)C(=C)C. The Hall–Kier alpha value is -0.930. The third-order valence-electron chi connectivity index (χ3n) is 1.56. The maximum atomic E-state index is 10.3. The van der Waals surface area contributed by atoms with Gasteiger partial charge < -0.3 is 10.6 Å². The van der Waals surface area contributed by atoms with Crippen LogP contribution in [0.4, 0.5) is 0 Å². The second-order valence-corrected chi connectivity index (χ2v) is 2.85. The largest absolute Gasteiger partial charge is 0.314 e. The van der Waals surface area contributed by atoms with Gasteiger partial charge in [0.05, 0.1) is 0 Å². The predicted molar refractivity (Wildman–Crippen MR) is 55.8 cm³/mol. The molecule has 3 heteroatoms. The van der Waals surface area contributed by atoms with E-state index in [2.05, 4.69) is 23.8 Å². The van der Waals surface area contributed by atoms with Crippen molar-refractivity contribution in [3.63, 3.8) is 0 Å². The Morgan fingerprint density at radius 2 is 1.62 bits per heavy atom. The molecule has 1 heterocycles. The Balaban J connectivity index is 0.000000223. The van der Waals surface area contributed by atoms with E-state index < -0.39 is 0 Å². The fourth-order valence-corrected chi connectivity index (χ4v) is 0.778. The highest BCUT2D eigenvalue weighted by atomic mass is 16.1. The molecule has 0 unspecified atom stereocenters. The molecule has 3 nitrogen and oxygen atoms in total. The molecule has 0 radical (unpaired) electrons. The summed E-state index contributed by atoms with van der Waals surface area (Å²) in [5, 5.41) is 6.44. The van der Waals surface area contributed by atoms with Crippen LogP contribution in [0.3, 0.4) is 0 Å². The van der Waals surface area contributed by atoms with Crippen LogP contribution >= 0.6 is 0 Å². The van der Waals surface area contributed by atoms with Crippen LogP contribution < -0.4 is 10.6 Å². The average molecular weight is 182 g/mol. The molecule has 0 aromatic rings. The number of rotatable bonds is 2. The molecular weight excluding hydrogens is 164 g/mol. The maximum absolute atomic E-state index is 10.3. The van der Waals surface area contributed by atoms with Crippen molar-refractivity contribution in [1.29, 1.82) is 0 Å². The fraction of sp³-hybridized carbons (Fsp3) is 0.500. The summed E-state index contributed by atoms with van der Waals surface area (Å²) in [6, 6.07) is 0. The van der Waals surface area contributed by atoms with Gasteiger partial charge in [0.1, 0.15) is 0 Å². The molecule has 1 fully saturated rings. The quantitative estimate of drug-likeness (QED) is 0.611. The minimum atomic E-state index is -0.0833. The van der Waals surface area contributed by atoms with Gasteiger partial charge in [0.25, 0.3) is 0 Å². The summed E-state index contributed by atoms with van der Waals surface area (Å²) in [5.41, 5.74) is 0.537. The summed E-state index contributed by atoms with van der Waals surface area (Å²) in [5.74, 6) is -0.0833. The van der Waals surface area contributed by atoms with Crippen molar-refractivity contribution >= 4 is 5.78 Å². The number of carbonyl (C=O) groups is 1. The molecule has 0 aliphatic carbocycles. The van der Waals surface area contributed by atoms with Gasteiger partial charge >= 0.3 is 0 Å². The summed E-state index contributed by atoms with van der Waals surface area (Å²) in [6.07, 6.45) is 1.25. The molecule has 0 aromatic heterocycles. The number of ketones is 1. The molecule has 2 N–H and O–H groups in total. The van der Waals surface area contributed by atoms with E-state index in [1.807, 2.05) is 0 Å². The number of carbonyl (C=O) groups excluding carboxylic acids is 1. The first kappa shape index (κ1) is 12.1. The number of allylic oxidation sites excluding steroid dienone is 2. The Morgan fingerprint density at radius 3 is 1.69 bits per heavy atom. The second-order valence-electron chi connectivity index (χ2n) is 2.85. The summed E-state index contributed by atoms with van der Waals surface area (Å²) < 4.78 is 0. The molecule has 74 valence electrons. The molecule has 1 rings (SSSR count). The molecule has 0 amide bonds. The van der Waals surface area contributed by atoms with E-state index in [-0.39, 0.29) is 5.78 Å². The highest BCUT2D eigenvalue weighted by molar-refractivity contribution is 6.02. The van der Waals surface area contributed by atoms with E-state index in [0.29, 0.717) is 5.57 Å². The van der Waals surface area contributed by atoms with Crippen LogP contribution in [0.1, 0.15) is 6.92 Å². The average Bonchev–Trinajstić information content (AvgIpc) is 2.20. The molecule has 0 bridgehead atoms. The van der Waals surface area contributed by atoms with Gasteiger partial charge in [-0.15, -0.1) is 0 Å². The first-order chi connectivity index (χ1) is 6.18. The van der Waals surface area contributed by atoms with Crippen molar-refractivity contribution in [2.75, 3.05) is 26.2 Å². The van der Waals surface area contributed by atoms with Gasteiger partial charge in [-0.3, -0.25) is 4.79 Å². The van der Waals surface area contributed by atoms with Crippen LogP contribution in [0.2, 0.25) is 0 Å². The molecular formula is C10H18N2O. The van der Waals surface area contributed by atoms with Crippen LogP contribution in [-0.4, -0.2) is 32.0 Å². The molecule has 1 aliphatic heterocycles. The third kappa shape index (κ3) is 7.43. The lowest BCUT2D eigenvalue weighted by Crippen LogP contribution is -2.39. The topological polar surface area (TPSA) is 41.1 Å². The van der Waals surface area contributed by atoms with Crippen molar-refractivity contribution in [3.05, 3.63) is 24.8 Å². The van der Waals surface area contributed by atoms with Gasteiger partial charge in [0.15, 0.2) is 5.78 Å². The van der Waals surface area contributed by atoms with Gasteiger partial charge in [0.2, 0.25) is 0 Å². The van der Waals surface area contributed by atoms with Gasteiger partial charge in [-0.1, -0.05) is 13.2 Å². The zero-order valence-electron chi connectivity index (χ0n) is 8.23. The number of hydrogen-bond acceptors (Lipinski definition) is 3. The molecule has 0 spiro atoms. The Morgan fingerprint density at radius 1 is 1.23 bits per heavy atom. The summed E-state index contributed by atoms with van der Waals surface area (Å²) in [4.78, 5) is 10.3. The van der Waals surface area contributed by atoms with Crippen molar-refractivity contribution in [3.8, 4) is 0 Å². The van der Waals surface area contributed by atoms with E-state index in [1.165, 1.54) is 6.08 Å². The number of hydrogen-bond donors (Lipinski definition) is 2. The van der Waals surface area contributed by atoms with Gasteiger partial charge in [0, 0.05) is 26.2 Å². The normalized spacial score (nSPS) is 15.2. The lowest BCUT2D eigenvalue weighted by atomic mass is 10.2. The standard InChI is InChI=1S/C6H8O.C4H10N2/c1-4-6(7)5(2)3;1-2-6-4-3-5-1/h4H,1-2H2,3H3;5-6H,1-4H2. The zero-order valence-corrected chi connectivity index (χ0v) is 8.23. The Kier molecular flexibility index (Phi) is 7.15. The van der Waals surface area contributed by atoms with E-state index in [1.54, 1.807) is 6.92 Å². The van der Waals surface area contributed by atoms with Gasteiger partial charge in [-0.05, 0) is 18.6 Å². The lowest BCUT2D eigenvalue weighted by Gasteiger charge is -2.11. The first-order valence-electron chi connectivity index (χ1n) is 4.42. The smallest absolute Gasteiger partial charge is 0.180 e. The van der Waals surface area contributed by atoms with Gasteiger partial charge in [-0.25, -0.2) is 0 Å². The molecule has 0 atom stereocenters. The number of piperazine rings is 1. The molecule has 13 heavy (non-hydrogen) atoms. The van der Waals surface area contributed by atoms with E-state index in [9.17, 15) is 4.79 Å².